The van der Waals surface area contributed by atoms with E-state index in [0.717, 1.165) is 24.3 Å². The zero-order valence-electron chi connectivity index (χ0n) is 10.5. The Bertz CT molecular complexity index is 285. The molecule has 1 amide bonds. The van der Waals surface area contributed by atoms with Crippen molar-refractivity contribution in [2.75, 3.05) is 11.5 Å². The number of carbonyl (C=O) groups is 2. The minimum Gasteiger partial charge on any atom is -0.481 e. The lowest BCUT2D eigenvalue weighted by atomic mass is 9.96. The third kappa shape index (κ3) is 5.96. The molecule has 17 heavy (non-hydrogen) atoms. The molecule has 0 aliphatic carbocycles. The molecule has 0 aromatic rings. The lowest BCUT2D eigenvalue weighted by molar-refractivity contribution is -0.138. The van der Waals surface area contributed by atoms with Gasteiger partial charge >= 0.3 is 5.97 Å². The largest absolute Gasteiger partial charge is 0.481 e. The van der Waals surface area contributed by atoms with E-state index >= 15 is 0 Å². The van der Waals surface area contributed by atoms with Crippen molar-refractivity contribution in [2.45, 2.75) is 45.1 Å². The van der Waals surface area contributed by atoms with E-state index in [1.165, 1.54) is 0 Å². The number of rotatable bonds is 5. The van der Waals surface area contributed by atoms with Crippen LogP contribution in [-0.4, -0.2) is 34.0 Å². The van der Waals surface area contributed by atoms with Gasteiger partial charge < -0.3 is 10.4 Å². The van der Waals surface area contributed by atoms with Gasteiger partial charge in [0.25, 0.3) is 0 Å². The molecule has 0 unspecified atom stereocenters. The molecule has 98 valence electrons. The van der Waals surface area contributed by atoms with Crippen LogP contribution in [0, 0.1) is 5.92 Å². The topological polar surface area (TPSA) is 66.4 Å². The second kappa shape index (κ2) is 6.28. The van der Waals surface area contributed by atoms with Crippen LogP contribution < -0.4 is 5.32 Å². The van der Waals surface area contributed by atoms with Crippen molar-refractivity contribution >= 4 is 23.6 Å². The fourth-order valence-electron chi connectivity index (χ4n) is 2.06. The van der Waals surface area contributed by atoms with Crippen LogP contribution in [-0.2, 0) is 9.59 Å². The monoisotopic (exact) mass is 259 g/mol. The molecule has 0 atom stereocenters. The van der Waals surface area contributed by atoms with Crippen molar-refractivity contribution in [1.29, 1.82) is 0 Å². The van der Waals surface area contributed by atoms with Crippen LogP contribution in [0.5, 0.6) is 0 Å². The average molecular weight is 259 g/mol. The highest BCUT2D eigenvalue weighted by Gasteiger charge is 2.25. The first-order valence-electron chi connectivity index (χ1n) is 5.99. The molecule has 4 nitrogen and oxygen atoms in total. The first kappa shape index (κ1) is 14.4. The SMILES string of the molecule is CC(C)(CC(=O)O)NC(=O)CC1CCSCC1. The van der Waals surface area contributed by atoms with Gasteiger partial charge in [-0.1, -0.05) is 0 Å². The van der Waals surface area contributed by atoms with Gasteiger partial charge in [0.15, 0.2) is 0 Å². The van der Waals surface area contributed by atoms with E-state index in [1.807, 2.05) is 11.8 Å². The van der Waals surface area contributed by atoms with Crippen molar-refractivity contribution in [3.8, 4) is 0 Å². The Kier molecular flexibility index (Phi) is 5.31. The number of amides is 1. The molecule has 0 aromatic heterocycles. The number of nitrogens with one attached hydrogen (secondary N) is 1. The summed E-state index contributed by atoms with van der Waals surface area (Å²) in [5, 5.41) is 11.5. The smallest absolute Gasteiger partial charge is 0.305 e. The third-order valence-corrected chi connectivity index (χ3v) is 3.93. The van der Waals surface area contributed by atoms with Crippen LogP contribution in [0.1, 0.15) is 39.5 Å². The molecule has 1 fully saturated rings. The maximum Gasteiger partial charge on any atom is 0.305 e. The van der Waals surface area contributed by atoms with Gasteiger partial charge in [-0.05, 0) is 44.1 Å². The average Bonchev–Trinajstić information content (AvgIpc) is 2.15. The Morgan fingerprint density at radius 3 is 2.47 bits per heavy atom. The Morgan fingerprint density at radius 1 is 1.35 bits per heavy atom. The quantitative estimate of drug-likeness (QED) is 0.791. The van der Waals surface area contributed by atoms with Gasteiger partial charge in [-0.3, -0.25) is 9.59 Å². The number of thioether (sulfide) groups is 1. The highest BCUT2D eigenvalue weighted by atomic mass is 32.2. The van der Waals surface area contributed by atoms with Gasteiger partial charge in [-0.15, -0.1) is 0 Å². The summed E-state index contributed by atoms with van der Waals surface area (Å²) >= 11 is 1.94. The van der Waals surface area contributed by atoms with Crippen LogP contribution >= 0.6 is 11.8 Å². The summed E-state index contributed by atoms with van der Waals surface area (Å²) in [6.45, 7) is 3.49. The van der Waals surface area contributed by atoms with Crippen LogP contribution in [0.2, 0.25) is 0 Å². The number of hydrogen-bond donors (Lipinski definition) is 2. The first-order valence-corrected chi connectivity index (χ1v) is 7.15. The minimum atomic E-state index is -0.885. The molecular formula is C12H21NO3S. The summed E-state index contributed by atoms with van der Waals surface area (Å²) in [5.41, 5.74) is -0.660. The minimum absolute atomic E-state index is 0.0202. The molecule has 2 N–H and O–H groups in total. The van der Waals surface area contributed by atoms with E-state index in [1.54, 1.807) is 13.8 Å². The van der Waals surface area contributed by atoms with Gasteiger partial charge in [0, 0.05) is 12.0 Å². The number of aliphatic carboxylic acids is 1. The predicted octanol–water partition coefficient (Wildman–Crippen LogP) is 1.89. The number of carboxylic acid groups (broad SMARTS) is 1. The molecule has 0 radical (unpaired) electrons. The third-order valence-electron chi connectivity index (χ3n) is 2.89. The van der Waals surface area contributed by atoms with Crippen molar-refractivity contribution in [2.24, 2.45) is 5.92 Å². The maximum atomic E-state index is 11.8. The Hall–Kier alpha value is -0.710. The lowest BCUT2D eigenvalue weighted by Crippen LogP contribution is -2.45. The van der Waals surface area contributed by atoms with E-state index in [2.05, 4.69) is 5.32 Å². The highest BCUT2D eigenvalue weighted by Crippen LogP contribution is 2.25. The molecule has 0 spiro atoms. The summed E-state index contributed by atoms with van der Waals surface area (Å²) in [4.78, 5) is 22.4. The molecule has 1 aliphatic rings. The van der Waals surface area contributed by atoms with E-state index in [-0.39, 0.29) is 12.3 Å². The van der Waals surface area contributed by atoms with Gasteiger partial charge in [0.1, 0.15) is 0 Å². The number of carbonyl (C=O) groups excluding carboxylic acids is 1. The lowest BCUT2D eigenvalue weighted by Gasteiger charge is -2.26. The Morgan fingerprint density at radius 2 is 1.94 bits per heavy atom. The van der Waals surface area contributed by atoms with Gasteiger partial charge in [-0.2, -0.15) is 11.8 Å². The van der Waals surface area contributed by atoms with Gasteiger partial charge in [0.2, 0.25) is 5.91 Å². The van der Waals surface area contributed by atoms with Crippen LogP contribution in [0.25, 0.3) is 0 Å². The number of hydrogen-bond acceptors (Lipinski definition) is 3. The van der Waals surface area contributed by atoms with Crippen molar-refractivity contribution in [3.63, 3.8) is 0 Å². The van der Waals surface area contributed by atoms with Crippen molar-refractivity contribution in [1.82, 2.24) is 5.32 Å². The maximum absolute atomic E-state index is 11.8. The summed E-state index contributed by atoms with van der Waals surface area (Å²) < 4.78 is 0. The fourth-order valence-corrected chi connectivity index (χ4v) is 3.27. The summed E-state index contributed by atoms with van der Waals surface area (Å²) in [6.07, 6.45) is 2.68. The van der Waals surface area contributed by atoms with Crippen LogP contribution in [0.15, 0.2) is 0 Å². The summed E-state index contributed by atoms with van der Waals surface area (Å²) in [6, 6.07) is 0. The highest BCUT2D eigenvalue weighted by molar-refractivity contribution is 7.99. The molecule has 0 aromatic carbocycles. The normalized spacial score (nSPS) is 17.8. The Balaban J connectivity index is 2.34. The molecule has 1 saturated heterocycles. The zero-order chi connectivity index (χ0) is 12.9. The molecule has 1 aliphatic heterocycles. The van der Waals surface area contributed by atoms with Crippen LogP contribution in [0.3, 0.4) is 0 Å². The molecule has 1 rings (SSSR count). The van der Waals surface area contributed by atoms with E-state index < -0.39 is 11.5 Å². The first-order chi connectivity index (χ1) is 7.89. The zero-order valence-corrected chi connectivity index (χ0v) is 11.3. The molecule has 0 bridgehead atoms. The molecular weight excluding hydrogens is 238 g/mol. The van der Waals surface area contributed by atoms with E-state index in [9.17, 15) is 9.59 Å². The van der Waals surface area contributed by atoms with Crippen molar-refractivity contribution in [3.05, 3.63) is 0 Å². The second-order valence-corrected chi connectivity index (χ2v) is 6.49. The van der Waals surface area contributed by atoms with E-state index in [4.69, 9.17) is 5.11 Å². The molecule has 5 heteroatoms. The van der Waals surface area contributed by atoms with Crippen molar-refractivity contribution < 1.29 is 14.7 Å². The summed E-state index contributed by atoms with van der Waals surface area (Å²) in [5.74, 6) is 1.84. The fraction of sp³-hybridized carbons (Fsp3) is 0.833. The van der Waals surface area contributed by atoms with Gasteiger partial charge in [-0.25, -0.2) is 0 Å². The predicted molar refractivity (Wildman–Crippen MR) is 69.1 cm³/mol. The van der Waals surface area contributed by atoms with E-state index in [0.29, 0.717) is 12.3 Å². The van der Waals surface area contributed by atoms with Crippen LogP contribution in [0.4, 0.5) is 0 Å². The summed E-state index contributed by atoms with van der Waals surface area (Å²) in [7, 11) is 0. The number of carboxylic acids is 1. The van der Waals surface area contributed by atoms with Gasteiger partial charge in [0.05, 0.1) is 6.42 Å². The second-order valence-electron chi connectivity index (χ2n) is 5.26. The molecule has 0 saturated carbocycles. The Labute approximate surface area is 107 Å². The molecule has 1 heterocycles. The standard InChI is InChI=1S/C12H21NO3S/c1-12(2,8-11(15)16)13-10(14)7-9-3-5-17-6-4-9/h9H,3-8H2,1-2H3,(H,13,14)(H,15,16).